The van der Waals surface area contributed by atoms with Crippen molar-refractivity contribution in [1.82, 2.24) is 4.90 Å². The summed E-state index contributed by atoms with van der Waals surface area (Å²) in [5.41, 5.74) is 0. The molecule has 0 saturated carbocycles. The van der Waals surface area contributed by atoms with Gasteiger partial charge in [-0.05, 0) is 13.5 Å². The van der Waals surface area contributed by atoms with Gasteiger partial charge in [-0.15, -0.1) is 0 Å². The maximum absolute atomic E-state index is 5.37. The van der Waals surface area contributed by atoms with Gasteiger partial charge < -0.3 is 4.74 Å². The van der Waals surface area contributed by atoms with Crippen LogP contribution < -0.4 is 0 Å². The number of ether oxygens (including phenoxy) is 1. The minimum atomic E-state index is 0.443. The Hall–Kier alpha value is -0.0800. The molecule has 0 aliphatic carbocycles. The number of morpholine rings is 1. The van der Waals surface area contributed by atoms with Crippen LogP contribution in [0.15, 0.2) is 0 Å². The van der Waals surface area contributed by atoms with E-state index >= 15 is 0 Å². The summed E-state index contributed by atoms with van der Waals surface area (Å²) in [6, 6.07) is 0. The first-order valence-electron chi connectivity index (χ1n) is 4.67. The van der Waals surface area contributed by atoms with Crippen molar-refractivity contribution >= 4 is 0 Å². The summed E-state index contributed by atoms with van der Waals surface area (Å²) in [5, 5.41) is 0. The molecule has 0 aromatic rings. The minimum absolute atomic E-state index is 0.443. The van der Waals surface area contributed by atoms with Crippen molar-refractivity contribution in [2.45, 2.75) is 33.8 Å². The van der Waals surface area contributed by atoms with Gasteiger partial charge in [-0.3, -0.25) is 4.90 Å². The minimum Gasteiger partial charge on any atom is -0.376 e. The first-order valence-corrected chi connectivity index (χ1v) is 4.67. The molecule has 1 rings (SSSR count). The van der Waals surface area contributed by atoms with Crippen LogP contribution >= 0.6 is 0 Å². The summed E-state index contributed by atoms with van der Waals surface area (Å²) >= 11 is 0. The van der Waals surface area contributed by atoms with Crippen LogP contribution in [0.2, 0.25) is 0 Å². The lowest BCUT2D eigenvalue weighted by Gasteiger charge is -2.29. The number of hydrogen-bond acceptors (Lipinski definition) is 2. The number of hydrogen-bond donors (Lipinski definition) is 0. The van der Waals surface area contributed by atoms with Crippen LogP contribution in [-0.2, 0) is 4.74 Å². The van der Waals surface area contributed by atoms with Gasteiger partial charge in [0.1, 0.15) is 0 Å². The lowest BCUT2D eigenvalue weighted by Crippen LogP contribution is -2.40. The molecule has 0 amide bonds. The van der Waals surface area contributed by atoms with E-state index in [0.29, 0.717) is 6.10 Å². The molecule has 2 heteroatoms. The lowest BCUT2D eigenvalue weighted by atomic mass is 10.3. The SMILES string of the molecule is CC.CCN1CCO[C@@H](C)C1. The number of nitrogens with zero attached hydrogens (tertiary/aromatic N) is 1. The summed E-state index contributed by atoms with van der Waals surface area (Å²) < 4.78 is 5.37. The molecular weight excluding hydrogens is 138 g/mol. The molecule has 1 heterocycles. The zero-order valence-corrected chi connectivity index (χ0v) is 8.26. The topological polar surface area (TPSA) is 12.5 Å². The first kappa shape index (κ1) is 10.9. The summed E-state index contributed by atoms with van der Waals surface area (Å²) in [6.45, 7) is 12.6. The highest BCUT2D eigenvalue weighted by atomic mass is 16.5. The van der Waals surface area contributed by atoms with Crippen LogP contribution in [0.1, 0.15) is 27.7 Å². The van der Waals surface area contributed by atoms with E-state index in [0.717, 1.165) is 26.2 Å². The third kappa shape index (κ3) is 4.38. The lowest BCUT2D eigenvalue weighted by molar-refractivity contribution is -0.0162. The van der Waals surface area contributed by atoms with Crippen LogP contribution in [0.4, 0.5) is 0 Å². The molecule has 1 fully saturated rings. The predicted octanol–water partition coefficient (Wildman–Crippen LogP) is 1.75. The van der Waals surface area contributed by atoms with Gasteiger partial charge in [0.05, 0.1) is 12.7 Å². The fourth-order valence-electron chi connectivity index (χ4n) is 1.18. The molecule has 0 aromatic carbocycles. The quantitative estimate of drug-likeness (QED) is 0.578. The molecule has 1 aliphatic heterocycles. The van der Waals surface area contributed by atoms with Gasteiger partial charge in [-0.1, -0.05) is 20.8 Å². The van der Waals surface area contributed by atoms with Crippen molar-refractivity contribution in [3.05, 3.63) is 0 Å². The van der Waals surface area contributed by atoms with Crippen LogP contribution in [0.3, 0.4) is 0 Å². The van der Waals surface area contributed by atoms with Crippen molar-refractivity contribution in [3.8, 4) is 0 Å². The summed E-state index contributed by atoms with van der Waals surface area (Å²) in [4.78, 5) is 2.41. The predicted molar refractivity (Wildman–Crippen MR) is 48.9 cm³/mol. The molecule has 1 aliphatic rings. The van der Waals surface area contributed by atoms with E-state index in [9.17, 15) is 0 Å². The average molecular weight is 159 g/mol. The van der Waals surface area contributed by atoms with Crippen LogP contribution in [0, 0.1) is 0 Å². The Bertz CT molecular complexity index is 85.6. The van der Waals surface area contributed by atoms with Gasteiger partial charge in [0.25, 0.3) is 0 Å². The van der Waals surface area contributed by atoms with Crippen molar-refractivity contribution in [2.75, 3.05) is 26.2 Å². The van der Waals surface area contributed by atoms with Crippen LogP contribution in [0.5, 0.6) is 0 Å². The molecule has 0 bridgehead atoms. The molecule has 2 nitrogen and oxygen atoms in total. The third-order valence-corrected chi connectivity index (χ3v) is 1.77. The number of likely N-dealkylation sites (N-methyl/N-ethyl adjacent to an activating group) is 1. The number of rotatable bonds is 1. The normalized spacial score (nSPS) is 25.6. The second-order valence-electron chi connectivity index (χ2n) is 2.57. The van der Waals surface area contributed by atoms with E-state index in [1.165, 1.54) is 0 Å². The standard InChI is InChI=1S/C7H15NO.C2H6/c1-3-8-4-5-9-7(2)6-8;1-2/h7H,3-6H2,1-2H3;1-2H3/t7-;/m0./s1. The van der Waals surface area contributed by atoms with Gasteiger partial charge in [0.2, 0.25) is 0 Å². The molecule has 0 N–H and O–H groups in total. The van der Waals surface area contributed by atoms with Crippen molar-refractivity contribution in [3.63, 3.8) is 0 Å². The fourth-order valence-corrected chi connectivity index (χ4v) is 1.18. The molecule has 0 radical (unpaired) electrons. The highest BCUT2D eigenvalue weighted by molar-refractivity contribution is 4.65. The van der Waals surface area contributed by atoms with E-state index in [4.69, 9.17) is 4.74 Å². The molecule has 1 atom stereocenters. The first-order chi connectivity index (χ1) is 5.33. The Morgan fingerprint density at radius 3 is 2.45 bits per heavy atom. The second kappa shape index (κ2) is 6.62. The Morgan fingerprint density at radius 1 is 1.45 bits per heavy atom. The van der Waals surface area contributed by atoms with E-state index in [1.54, 1.807) is 0 Å². The molecular formula is C9H21NO. The van der Waals surface area contributed by atoms with Crippen molar-refractivity contribution < 1.29 is 4.74 Å². The smallest absolute Gasteiger partial charge is 0.0674 e. The molecule has 0 spiro atoms. The maximum atomic E-state index is 5.37. The van der Waals surface area contributed by atoms with Crippen LogP contribution in [-0.4, -0.2) is 37.2 Å². The van der Waals surface area contributed by atoms with Gasteiger partial charge in [-0.2, -0.15) is 0 Å². The van der Waals surface area contributed by atoms with E-state index in [2.05, 4.69) is 18.7 Å². The Balaban J connectivity index is 0.000000461. The zero-order valence-electron chi connectivity index (χ0n) is 8.26. The average Bonchev–Trinajstić information content (AvgIpc) is 2.08. The maximum Gasteiger partial charge on any atom is 0.0674 e. The molecule has 68 valence electrons. The van der Waals surface area contributed by atoms with Crippen molar-refractivity contribution in [1.29, 1.82) is 0 Å². The summed E-state index contributed by atoms with van der Waals surface area (Å²) in [7, 11) is 0. The van der Waals surface area contributed by atoms with Crippen molar-refractivity contribution in [2.24, 2.45) is 0 Å². The highest BCUT2D eigenvalue weighted by Crippen LogP contribution is 2.02. The molecule has 11 heavy (non-hydrogen) atoms. The third-order valence-electron chi connectivity index (χ3n) is 1.77. The van der Waals surface area contributed by atoms with Gasteiger partial charge in [-0.25, -0.2) is 0 Å². The largest absolute Gasteiger partial charge is 0.376 e. The van der Waals surface area contributed by atoms with Gasteiger partial charge in [0.15, 0.2) is 0 Å². The molecule has 0 unspecified atom stereocenters. The second-order valence-corrected chi connectivity index (χ2v) is 2.57. The van der Waals surface area contributed by atoms with E-state index in [1.807, 2.05) is 13.8 Å². The van der Waals surface area contributed by atoms with Gasteiger partial charge in [0, 0.05) is 13.1 Å². The van der Waals surface area contributed by atoms with Crippen LogP contribution in [0.25, 0.3) is 0 Å². The monoisotopic (exact) mass is 159 g/mol. The Kier molecular flexibility index (Phi) is 6.57. The van der Waals surface area contributed by atoms with E-state index < -0.39 is 0 Å². The fraction of sp³-hybridized carbons (Fsp3) is 1.00. The molecule has 0 aromatic heterocycles. The van der Waals surface area contributed by atoms with Gasteiger partial charge >= 0.3 is 0 Å². The summed E-state index contributed by atoms with van der Waals surface area (Å²) in [6.07, 6.45) is 0.443. The summed E-state index contributed by atoms with van der Waals surface area (Å²) in [5.74, 6) is 0. The Labute approximate surface area is 70.5 Å². The highest BCUT2D eigenvalue weighted by Gasteiger charge is 2.13. The van der Waals surface area contributed by atoms with E-state index in [-0.39, 0.29) is 0 Å². The Morgan fingerprint density at radius 2 is 2.09 bits per heavy atom. The zero-order chi connectivity index (χ0) is 8.69. The molecule has 1 saturated heterocycles.